The fourth-order valence-electron chi connectivity index (χ4n) is 2.46. The zero-order valence-electron chi connectivity index (χ0n) is 13.3. The van der Waals surface area contributed by atoms with Crippen LogP contribution < -0.4 is 5.32 Å². The molecule has 4 rings (SSSR count). The van der Waals surface area contributed by atoms with Gasteiger partial charge in [-0.2, -0.15) is 0 Å². The number of carbonyl (C=O) groups is 1. The van der Waals surface area contributed by atoms with Crippen molar-refractivity contribution in [2.24, 2.45) is 0 Å². The Kier molecular flexibility index (Phi) is 3.66. The van der Waals surface area contributed by atoms with Crippen LogP contribution in [0.25, 0.3) is 22.3 Å². The van der Waals surface area contributed by atoms with Gasteiger partial charge in [-0.25, -0.2) is 9.97 Å². The van der Waals surface area contributed by atoms with Crippen molar-refractivity contribution >= 4 is 22.5 Å². The topological polar surface area (TPSA) is 93.8 Å². The minimum atomic E-state index is -0.276. The largest absolute Gasteiger partial charge is 0.361 e. The first-order valence-corrected chi connectivity index (χ1v) is 7.60. The summed E-state index contributed by atoms with van der Waals surface area (Å²) in [6, 6.07) is 9.17. The molecule has 0 bridgehead atoms. The predicted molar refractivity (Wildman–Crippen MR) is 92.0 cm³/mol. The van der Waals surface area contributed by atoms with Gasteiger partial charge in [-0.15, -0.1) is 0 Å². The Morgan fingerprint density at radius 1 is 1.12 bits per heavy atom. The molecule has 3 aromatic heterocycles. The highest BCUT2D eigenvalue weighted by Gasteiger charge is 2.13. The van der Waals surface area contributed by atoms with Gasteiger partial charge in [0.05, 0.1) is 11.7 Å². The average molecular weight is 331 g/mol. The van der Waals surface area contributed by atoms with Crippen LogP contribution in [0.5, 0.6) is 0 Å². The summed E-state index contributed by atoms with van der Waals surface area (Å²) in [5, 5.41) is 7.33. The van der Waals surface area contributed by atoms with Crippen LogP contribution >= 0.6 is 0 Å². The third kappa shape index (κ3) is 2.94. The van der Waals surface area contributed by atoms with Crippen molar-refractivity contribution in [1.29, 1.82) is 0 Å². The third-order valence-corrected chi connectivity index (χ3v) is 3.77. The molecule has 0 unspecified atom stereocenters. The molecule has 0 atom stereocenters. The summed E-state index contributed by atoms with van der Waals surface area (Å²) < 4.78 is 4.92. The van der Waals surface area contributed by atoms with Gasteiger partial charge in [0, 0.05) is 35.2 Å². The number of carbonyl (C=O) groups excluding carboxylic acids is 1. The van der Waals surface area contributed by atoms with Gasteiger partial charge in [-0.3, -0.25) is 9.78 Å². The van der Waals surface area contributed by atoms with Gasteiger partial charge in [0.25, 0.3) is 5.91 Å². The van der Waals surface area contributed by atoms with Crippen LogP contribution in [0.2, 0.25) is 0 Å². The summed E-state index contributed by atoms with van der Waals surface area (Å²) in [5.41, 5.74) is 2.66. The van der Waals surface area contributed by atoms with E-state index >= 15 is 0 Å². The van der Waals surface area contributed by atoms with Crippen LogP contribution in [-0.2, 0) is 0 Å². The second kappa shape index (κ2) is 6.12. The lowest BCUT2D eigenvalue weighted by Crippen LogP contribution is -2.12. The zero-order chi connectivity index (χ0) is 17.2. The van der Waals surface area contributed by atoms with E-state index in [4.69, 9.17) is 4.52 Å². The SMILES string of the molecule is Cc1oncc1C(=O)Nc1ccc2cnc(-c3ccncc3)nc2c1. The average Bonchev–Trinajstić information content (AvgIpc) is 3.08. The molecule has 122 valence electrons. The monoisotopic (exact) mass is 331 g/mol. The summed E-state index contributed by atoms with van der Waals surface area (Å²) in [7, 11) is 0. The van der Waals surface area contributed by atoms with Crippen LogP contribution in [-0.4, -0.2) is 26.0 Å². The van der Waals surface area contributed by atoms with E-state index in [1.807, 2.05) is 24.3 Å². The van der Waals surface area contributed by atoms with Gasteiger partial charge in [-0.1, -0.05) is 5.16 Å². The molecule has 0 saturated heterocycles. The predicted octanol–water partition coefficient (Wildman–Crippen LogP) is 3.24. The van der Waals surface area contributed by atoms with Crippen molar-refractivity contribution in [3.63, 3.8) is 0 Å². The maximum atomic E-state index is 12.3. The van der Waals surface area contributed by atoms with Gasteiger partial charge < -0.3 is 9.84 Å². The summed E-state index contributed by atoms with van der Waals surface area (Å²) in [6.45, 7) is 1.69. The second-order valence-corrected chi connectivity index (χ2v) is 5.45. The highest BCUT2D eigenvalue weighted by molar-refractivity contribution is 6.05. The first-order chi connectivity index (χ1) is 12.2. The number of benzene rings is 1. The summed E-state index contributed by atoms with van der Waals surface area (Å²) in [4.78, 5) is 25.2. The van der Waals surface area contributed by atoms with Gasteiger partial charge in [0.15, 0.2) is 5.82 Å². The molecular formula is C18H13N5O2. The minimum Gasteiger partial charge on any atom is -0.361 e. The molecule has 7 heteroatoms. The van der Waals surface area contributed by atoms with E-state index in [9.17, 15) is 4.79 Å². The van der Waals surface area contributed by atoms with Gasteiger partial charge in [-0.05, 0) is 37.3 Å². The highest BCUT2D eigenvalue weighted by atomic mass is 16.5. The van der Waals surface area contributed by atoms with E-state index in [0.717, 1.165) is 16.5 Å². The molecule has 3 heterocycles. The van der Waals surface area contributed by atoms with Crippen LogP contribution in [0, 0.1) is 6.92 Å². The number of hydrogen-bond donors (Lipinski definition) is 1. The van der Waals surface area contributed by atoms with E-state index in [1.54, 1.807) is 31.6 Å². The van der Waals surface area contributed by atoms with Crippen molar-refractivity contribution in [1.82, 2.24) is 20.1 Å². The Hall–Kier alpha value is -3.61. The summed E-state index contributed by atoms with van der Waals surface area (Å²) in [6.07, 6.45) is 6.55. The fourth-order valence-corrected chi connectivity index (χ4v) is 2.46. The molecule has 0 aliphatic carbocycles. The quantitative estimate of drug-likeness (QED) is 0.619. The highest BCUT2D eigenvalue weighted by Crippen LogP contribution is 2.21. The van der Waals surface area contributed by atoms with E-state index in [0.29, 0.717) is 22.8 Å². The van der Waals surface area contributed by atoms with Crippen LogP contribution in [0.15, 0.2) is 59.6 Å². The van der Waals surface area contributed by atoms with Crippen molar-refractivity contribution in [3.05, 3.63) is 66.4 Å². The van der Waals surface area contributed by atoms with E-state index in [1.165, 1.54) is 6.20 Å². The first kappa shape index (κ1) is 14.9. The lowest BCUT2D eigenvalue weighted by Gasteiger charge is -2.06. The molecule has 1 N–H and O–H groups in total. The molecule has 25 heavy (non-hydrogen) atoms. The van der Waals surface area contributed by atoms with Crippen LogP contribution in [0.4, 0.5) is 5.69 Å². The van der Waals surface area contributed by atoms with Crippen LogP contribution in [0.3, 0.4) is 0 Å². The van der Waals surface area contributed by atoms with Gasteiger partial charge >= 0.3 is 0 Å². The maximum absolute atomic E-state index is 12.3. The number of anilines is 1. The number of fused-ring (bicyclic) bond motifs is 1. The molecule has 0 saturated carbocycles. The summed E-state index contributed by atoms with van der Waals surface area (Å²) >= 11 is 0. The van der Waals surface area contributed by atoms with Crippen molar-refractivity contribution in [2.45, 2.75) is 6.92 Å². The molecule has 1 amide bonds. The van der Waals surface area contributed by atoms with E-state index < -0.39 is 0 Å². The van der Waals surface area contributed by atoms with Crippen molar-refractivity contribution in [3.8, 4) is 11.4 Å². The Morgan fingerprint density at radius 3 is 2.72 bits per heavy atom. The molecule has 1 aromatic carbocycles. The Bertz CT molecular complexity index is 1060. The number of aryl methyl sites for hydroxylation is 1. The number of aromatic nitrogens is 4. The van der Waals surface area contributed by atoms with Crippen LogP contribution in [0.1, 0.15) is 16.1 Å². The summed E-state index contributed by atoms with van der Waals surface area (Å²) in [5.74, 6) is 0.801. The molecule has 0 spiro atoms. The Balaban J connectivity index is 1.67. The standard InChI is InChI=1S/C18H13N5O2/c1-11-15(10-21-25-11)18(24)22-14-3-2-13-9-20-17(23-16(13)8-14)12-4-6-19-7-5-12/h2-10H,1H3,(H,22,24). The van der Waals surface area contributed by atoms with Gasteiger partial charge in [0.1, 0.15) is 11.3 Å². The molecule has 0 fully saturated rings. The molecule has 0 aliphatic rings. The molecule has 7 nitrogen and oxygen atoms in total. The van der Waals surface area contributed by atoms with Gasteiger partial charge in [0.2, 0.25) is 0 Å². The van der Waals surface area contributed by atoms with Crippen molar-refractivity contribution in [2.75, 3.05) is 5.32 Å². The molecular weight excluding hydrogens is 318 g/mol. The number of nitrogens with one attached hydrogen (secondary N) is 1. The first-order valence-electron chi connectivity index (χ1n) is 7.60. The fraction of sp³-hybridized carbons (Fsp3) is 0.0556. The third-order valence-electron chi connectivity index (χ3n) is 3.77. The number of pyridine rings is 1. The number of rotatable bonds is 3. The molecule has 0 aliphatic heterocycles. The smallest absolute Gasteiger partial charge is 0.260 e. The molecule has 0 radical (unpaired) electrons. The second-order valence-electron chi connectivity index (χ2n) is 5.45. The van der Waals surface area contributed by atoms with Crippen molar-refractivity contribution < 1.29 is 9.32 Å². The zero-order valence-corrected chi connectivity index (χ0v) is 13.3. The van der Waals surface area contributed by atoms with E-state index in [-0.39, 0.29) is 5.91 Å². The van der Waals surface area contributed by atoms with E-state index in [2.05, 4.69) is 25.4 Å². The minimum absolute atomic E-state index is 0.276. The number of amides is 1. The molecule has 4 aromatic rings. The Labute approximate surface area is 142 Å². The lowest BCUT2D eigenvalue weighted by molar-refractivity contribution is 0.102. The number of nitrogens with zero attached hydrogens (tertiary/aromatic N) is 4. The normalized spacial score (nSPS) is 10.8. The Morgan fingerprint density at radius 2 is 1.96 bits per heavy atom. The lowest BCUT2D eigenvalue weighted by atomic mass is 10.2. The number of hydrogen-bond acceptors (Lipinski definition) is 6. The maximum Gasteiger partial charge on any atom is 0.260 e.